The minimum atomic E-state index is -0.632. The molecule has 0 amide bonds. The van der Waals surface area contributed by atoms with Crippen LogP contribution in [-0.4, -0.2) is 0 Å². The molecule has 3 aromatic carbocycles. The Labute approximate surface area is 138 Å². The van der Waals surface area contributed by atoms with E-state index in [9.17, 15) is 13.2 Å². The van der Waals surface area contributed by atoms with Gasteiger partial charge in [-0.2, -0.15) is 5.26 Å². The highest BCUT2D eigenvalue weighted by molar-refractivity contribution is 5.89. The van der Waals surface area contributed by atoms with E-state index < -0.39 is 17.5 Å². The van der Waals surface area contributed by atoms with Gasteiger partial charge in [-0.15, -0.1) is 0 Å². The van der Waals surface area contributed by atoms with Gasteiger partial charge in [0.05, 0.1) is 11.1 Å². The molecule has 3 rings (SSSR count). The van der Waals surface area contributed by atoms with Crippen LogP contribution in [0, 0.1) is 28.8 Å². The van der Waals surface area contributed by atoms with Gasteiger partial charge in [-0.3, -0.25) is 0 Å². The largest absolute Gasteiger partial charge is 0.206 e. The van der Waals surface area contributed by atoms with Gasteiger partial charge >= 0.3 is 0 Å². The van der Waals surface area contributed by atoms with Gasteiger partial charge in [-0.1, -0.05) is 31.5 Å². The lowest BCUT2D eigenvalue weighted by Crippen LogP contribution is -1.95. The van der Waals surface area contributed by atoms with Gasteiger partial charge in [-0.05, 0) is 47.2 Å². The number of nitrogens with zero attached hydrogens (tertiary/aromatic N) is 1. The zero-order valence-corrected chi connectivity index (χ0v) is 13.0. The van der Waals surface area contributed by atoms with Crippen LogP contribution in [0.5, 0.6) is 0 Å². The zero-order valence-electron chi connectivity index (χ0n) is 13.0. The van der Waals surface area contributed by atoms with Crippen LogP contribution in [0.25, 0.3) is 21.9 Å². The van der Waals surface area contributed by atoms with Gasteiger partial charge in [0.15, 0.2) is 0 Å². The smallest absolute Gasteiger partial charge is 0.148 e. The molecule has 0 radical (unpaired) electrons. The Morgan fingerprint density at radius 3 is 2.29 bits per heavy atom. The van der Waals surface area contributed by atoms with E-state index in [0.29, 0.717) is 22.9 Å². The van der Waals surface area contributed by atoms with E-state index >= 15 is 0 Å². The summed E-state index contributed by atoms with van der Waals surface area (Å²) in [5.41, 5.74) is 0.768. The Bertz CT molecular complexity index is 948. The van der Waals surface area contributed by atoms with Crippen LogP contribution in [0.2, 0.25) is 0 Å². The Hall–Kier alpha value is -2.80. The average molecular weight is 325 g/mol. The van der Waals surface area contributed by atoms with Crippen LogP contribution in [0.4, 0.5) is 13.2 Å². The molecule has 4 heteroatoms. The summed E-state index contributed by atoms with van der Waals surface area (Å²) in [4.78, 5) is 0. The number of benzene rings is 3. The van der Waals surface area contributed by atoms with E-state index in [1.807, 2.05) is 6.92 Å². The van der Waals surface area contributed by atoms with Crippen molar-refractivity contribution < 1.29 is 13.2 Å². The highest BCUT2D eigenvalue weighted by Crippen LogP contribution is 2.31. The molecule has 0 bridgehead atoms. The van der Waals surface area contributed by atoms with Gasteiger partial charge in [-0.25, -0.2) is 13.2 Å². The molecule has 0 saturated carbocycles. The predicted octanol–water partition coefficient (Wildman–Crippen LogP) is 5.75. The molecule has 1 nitrogen and oxygen atoms in total. The van der Waals surface area contributed by atoms with E-state index in [4.69, 9.17) is 5.26 Å². The van der Waals surface area contributed by atoms with Crippen molar-refractivity contribution in [2.24, 2.45) is 0 Å². The number of hydrogen-bond acceptors (Lipinski definition) is 1. The second kappa shape index (κ2) is 6.37. The average Bonchev–Trinajstić information content (AvgIpc) is 2.55. The first-order valence-corrected chi connectivity index (χ1v) is 7.65. The minimum absolute atomic E-state index is 0.0588. The van der Waals surface area contributed by atoms with Crippen LogP contribution >= 0.6 is 0 Å². The van der Waals surface area contributed by atoms with Crippen molar-refractivity contribution in [2.75, 3.05) is 0 Å². The maximum atomic E-state index is 14.4. The van der Waals surface area contributed by atoms with Gasteiger partial charge in [0.1, 0.15) is 23.5 Å². The Morgan fingerprint density at radius 2 is 1.67 bits per heavy atom. The standard InChI is InChI=1S/C20H14F3N/c1-2-3-12-8-17(21)19(18(22)9-12)14-6-7-16-13(10-14)4-5-15(11-24)20(16)23/h4-10H,2-3H2,1H3. The maximum Gasteiger partial charge on any atom is 0.148 e. The number of rotatable bonds is 3. The second-order valence-corrected chi connectivity index (χ2v) is 5.66. The van der Waals surface area contributed by atoms with Crippen molar-refractivity contribution in [3.05, 3.63) is 71.0 Å². The van der Waals surface area contributed by atoms with Crippen LogP contribution in [0.15, 0.2) is 42.5 Å². The minimum Gasteiger partial charge on any atom is -0.206 e. The summed E-state index contributed by atoms with van der Waals surface area (Å²) in [7, 11) is 0. The zero-order chi connectivity index (χ0) is 17.3. The van der Waals surface area contributed by atoms with Crippen molar-refractivity contribution in [2.45, 2.75) is 19.8 Å². The predicted molar refractivity (Wildman–Crippen MR) is 88.0 cm³/mol. The SMILES string of the molecule is CCCc1cc(F)c(-c2ccc3c(F)c(C#N)ccc3c2)c(F)c1. The highest BCUT2D eigenvalue weighted by Gasteiger charge is 2.15. The number of halogens is 3. The van der Waals surface area contributed by atoms with Gasteiger partial charge in [0.25, 0.3) is 0 Å². The molecule has 120 valence electrons. The van der Waals surface area contributed by atoms with Crippen molar-refractivity contribution in [3.8, 4) is 17.2 Å². The number of hydrogen-bond donors (Lipinski definition) is 0. The molecule has 0 saturated heterocycles. The summed E-state index contributed by atoms with van der Waals surface area (Å²) in [6.07, 6.45) is 1.41. The summed E-state index contributed by atoms with van der Waals surface area (Å²) >= 11 is 0. The quantitative estimate of drug-likeness (QED) is 0.601. The lowest BCUT2D eigenvalue weighted by molar-refractivity contribution is 0.585. The third-order valence-corrected chi connectivity index (χ3v) is 4.00. The van der Waals surface area contributed by atoms with Gasteiger partial charge < -0.3 is 0 Å². The van der Waals surface area contributed by atoms with E-state index in [1.54, 1.807) is 12.1 Å². The number of nitriles is 1. The lowest BCUT2D eigenvalue weighted by atomic mass is 9.97. The van der Waals surface area contributed by atoms with Crippen LogP contribution < -0.4 is 0 Å². The molecule has 0 aliphatic rings. The van der Waals surface area contributed by atoms with Gasteiger partial charge in [0.2, 0.25) is 0 Å². The molecular formula is C20H14F3N. The highest BCUT2D eigenvalue weighted by atomic mass is 19.1. The van der Waals surface area contributed by atoms with Crippen molar-refractivity contribution in [1.29, 1.82) is 5.26 Å². The molecular weight excluding hydrogens is 311 g/mol. The van der Waals surface area contributed by atoms with Crippen LogP contribution in [0.1, 0.15) is 24.5 Å². The fourth-order valence-corrected chi connectivity index (χ4v) is 2.87. The van der Waals surface area contributed by atoms with Crippen molar-refractivity contribution in [3.63, 3.8) is 0 Å². The lowest BCUT2D eigenvalue weighted by Gasteiger charge is -2.10. The molecule has 0 atom stereocenters. The molecule has 0 aromatic heterocycles. The summed E-state index contributed by atoms with van der Waals surface area (Å²) in [5.74, 6) is -1.89. The number of fused-ring (bicyclic) bond motifs is 1. The molecule has 3 aromatic rings. The van der Waals surface area contributed by atoms with Crippen molar-refractivity contribution in [1.82, 2.24) is 0 Å². The third kappa shape index (κ3) is 2.74. The topological polar surface area (TPSA) is 23.8 Å². The normalized spacial score (nSPS) is 10.8. The maximum absolute atomic E-state index is 14.4. The second-order valence-electron chi connectivity index (χ2n) is 5.66. The summed E-state index contributed by atoms with van der Waals surface area (Å²) < 4.78 is 42.9. The molecule has 0 N–H and O–H groups in total. The van der Waals surface area contributed by atoms with Crippen molar-refractivity contribution >= 4 is 10.8 Å². The van der Waals surface area contributed by atoms with E-state index in [1.165, 1.54) is 36.4 Å². The summed E-state index contributed by atoms with van der Waals surface area (Å²) in [6, 6.07) is 11.8. The molecule has 0 unspecified atom stereocenters. The Morgan fingerprint density at radius 1 is 0.958 bits per heavy atom. The van der Waals surface area contributed by atoms with Crippen LogP contribution in [0.3, 0.4) is 0 Å². The first kappa shape index (κ1) is 16.1. The first-order chi connectivity index (χ1) is 11.5. The van der Waals surface area contributed by atoms with E-state index in [0.717, 1.165) is 6.42 Å². The summed E-state index contributed by atoms with van der Waals surface area (Å²) in [5, 5.41) is 9.60. The Kier molecular flexibility index (Phi) is 4.26. The molecule has 24 heavy (non-hydrogen) atoms. The van der Waals surface area contributed by atoms with Gasteiger partial charge in [0, 0.05) is 5.39 Å². The van der Waals surface area contributed by atoms with E-state index in [2.05, 4.69) is 0 Å². The third-order valence-electron chi connectivity index (χ3n) is 4.00. The molecule has 0 fully saturated rings. The molecule has 0 spiro atoms. The molecule has 0 aliphatic carbocycles. The molecule has 0 heterocycles. The first-order valence-electron chi connectivity index (χ1n) is 7.65. The van der Waals surface area contributed by atoms with E-state index in [-0.39, 0.29) is 16.5 Å². The monoisotopic (exact) mass is 325 g/mol. The van der Waals surface area contributed by atoms with Crippen LogP contribution in [-0.2, 0) is 6.42 Å². The summed E-state index contributed by atoms with van der Waals surface area (Å²) in [6.45, 7) is 1.94. The fourth-order valence-electron chi connectivity index (χ4n) is 2.87. The number of aryl methyl sites for hydroxylation is 1. The fraction of sp³-hybridized carbons (Fsp3) is 0.150. The molecule has 0 aliphatic heterocycles. The Balaban J connectivity index is 2.16.